The van der Waals surface area contributed by atoms with Gasteiger partial charge in [-0.2, -0.15) is 0 Å². The topological polar surface area (TPSA) is 0 Å². The van der Waals surface area contributed by atoms with E-state index >= 15 is 0 Å². The summed E-state index contributed by atoms with van der Waals surface area (Å²) in [5, 5.41) is 0.627. The molecule has 54 valence electrons. The van der Waals surface area contributed by atoms with Crippen LogP contribution in [0.4, 0.5) is 0 Å². The molecule has 0 nitrogen and oxygen atoms in total. The third-order valence-corrected chi connectivity index (χ3v) is 8.88. The number of hydrogen-bond donors (Lipinski definition) is 0. The molecule has 1 unspecified atom stereocenters. The van der Waals surface area contributed by atoms with Crippen LogP contribution in [-0.4, -0.2) is 9.07 Å². The van der Waals surface area contributed by atoms with Crippen molar-refractivity contribution in [1.82, 2.24) is 0 Å². The average Bonchev–Trinajstić information content (AvgIpc) is 1.63. The second kappa shape index (κ2) is 5.02. The molecule has 0 aromatic carbocycles. The molecule has 0 aliphatic rings. The first kappa shape index (κ1) is 10.3. The summed E-state index contributed by atoms with van der Waals surface area (Å²) >= 11 is -0.0690. The van der Waals surface area contributed by atoms with Gasteiger partial charge in [-0.3, -0.25) is 0 Å². The third kappa shape index (κ3) is 9.30. The standard InChI is InChI=1S/C5H12P.C2H5.Hf/c1-5(2,3)6-4;1-2;/h6H,4H2,1-3H3;1H2,2H3;. The zero-order chi connectivity index (χ0) is 7.33. The van der Waals surface area contributed by atoms with Crippen molar-refractivity contribution in [2.45, 2.75) is 37.0 Å². The molecule has 0 radical (unpaired) electrons. The normalized spacial score (nSPS) is 12.9. The van der Waals surface area contributed by atoms with Gasteiger partial charge >= 0.3 is 72.4 Å². The molecule has 0 rings (SSSR count). The van der Waals surface area contributed by atoms with Gasteiger partial charge in [0.25, 0.3) is 0 Å². The molecule has 0 aliphatic carbocycles. The van der Waals surface area contributed by atoms with Crippen molar-refractivity contribution < 1.29 is 22.9 Å². The second-order valence-electron chi connectivity index (χ2n) is 3.21. The van der Waals surface area contributed by atoms with E-state index in [9.17, 15) is 0 Å². The van der Waals surface area contributed by atoms with E-state index in [0.717, 1.165) is 0 Å². The van der Waals surface area contributed by atoms with Crippen molar-refractivity contribution in [2.24, 2.45) is 0 Å². The monoisotopic (exact) mass is 312 g/mol. The quantitative estimate of drug-likeness (QED) is 0.427. The van der Waals surface area contributed by atoms with Crippen LogP contribution in [0.25, 0.3) is 0 Å². The van der Waals surface area contributed by atoms with Gasteiger partial charge in [0.15, 0.2) is 0 Å². The fourth-order valence-corrected chi connectivity index (χ4v) is 11.1. The summed E-state index contributed by atoms with van der Waals surface area (Å²) in [4.78, 5) is 0. The van der Waals surface area contributed by atoms with Crippen LogP contribution in [0.1, 0.15) is 27.7 Å². The van der Waals surface area contributed by atoms with E-state index in [1.54, 1.807) is 8.10 Å². The molecule has 0 spiro atoms. The molecule has 0 saturated carbocycles. The van der Waals surface area contributed by atoms with Gasteiger partial charge in [0.2, 0.25) is 0 Å². The first-order valence-corrected chi connectivity index (χ1v) is 9.81. The van der Waals surface area contributed by atoms with E-state index in [2.05, 4.69) is 27.7 Å². The molecule has 2 heteroatoms. The minimum atomic E-state index is -0.0690. The van der Waals surface area contributed by atoms with E-state index in [4.69, 9.17) is 0 Å². The van der Waals surface area contributed by atoms with Crippen LogP contribution in [0.5, 0.6) is 0 Å². The van der Waals surface area contributed by atoms with Gasteiger partial charge in [-0.25, -0.2) is 0 Å². The van der Waals surface area contributed by atoms with Crippen molar-refractivity contribution in [3.05, 3.63) is 0 Å². The Morgan fingerprint density at radius 3 is 2.22 bits per heavy atom. The predicted molar refractivity (Wildman–Crippen MR) is 43.4 cm³/mol. The fourth-order valence-electron chi connectivity index (χ4n) is 0.453. The molecule has 0 aliphatic heterocycles. The van der Waals surface area contributed by atoms with Gasteiger partial charge in [-0.1, -0.05) is 0 Å². The average molecular weight is 311 g/mol. The molecule has 0 amide bonds. The Labute approximate surface area is 72.3 Å². The van der Waals surface area contributed by atoms with Crippen molar-refractivity contribution in [3.63, 3.8) is 0 Å². The number of rotatable bonds is 3. The predicted octanol–water partition coefficient (Wildman–Crippen LogP) is 2.94. The van der Waals surface area contributed by atoms with E-state index < -0.39 is 0 Å². The molecule has 0 heterocycles. The zero-order valence-electron chi connectivity index (χ0n) is 6.91. The Bertz CT molecular complexity index is 65.8. The summed E-state index contributed by atoms with van der Waals surface area (Å²) < 4.78 is 3.17. The number of hydrogen-bond acceptors (Lipinski definition) is 0. The molecule has 0 aromatic rings. The van der Waals surface area contributed by atoms with Crippen LogP contribution in [0.15, 0.2) is 0 Å². The Hall–Kier alpha value is 1.30. The molecular weight excluding hydrogens is 294 g/mol. The van der Waals surface area contributed by atoms with Gasteiger partial charge in [0.1, 0.15) is 0 Å². The van der Waals surface area contributed by atoms with Gasteiger partial charge in [0.05, 0.1) is 0 Å². The van der Waals surface area contributed by atoms with Crippen LogP contribution >= 0.6 is 8.58 Å². The first-order chi connectivity index (χ1) is 4.06. The zero-order valence-corrected chi connectivity index (χ0v) is 11.5. The summed E-state index contributed by atoms with van der Waals surface area (Å²) in [5.41, 5.74) is 0. The Kier molecular flexibility index (Phi) is 5.74. The molecule has 1 atom stereocenters. The summed E-state index contributed by atoms with van der Waals surface area (Å²) in [5.74, 6) is 0. The van der Waals surface area contributed by atoms with Crippen LogP contribution in [0.2, 0.25) is 4.18 Å². The van der Waals surface area contributed by atoms with E-state index in [1.165, 1.54) is 8.58 Å². The van der Waals surface area contributed by atoms with Crippen molar-refractivity contribution in [1.29, 1.82) is 0 Å². The fraction of sp³-hybridized carbons (Fsp3) is 1.00. The molecule has 0 fully saturated rings. The molecule has 0 saturated heterocycles. The Morgan fingerprint density at radius 1 is 1.33 bits per heavy atom. The second-order valence-corrected chi connectivity index (χ2v) is 13.6. The van der Waals surface area contributed by atoms with Gasteiger partial charge in [-0.05, 0) is 0 Å². The van der Waals surface area contributed by atoms with Crippen LogP contribution in [0, 0.1) is 0 Å². The first-order valence-electron chi connectivity index (χ1n) is 3.52. The van der Waals surface area contributed by atoms with Crippen LogP contribution in [-0.2, 0) is 22.9 Å². The SMILES string of the molecule is C[CH2][Hf][CH2]PC(C)(C)C. The Balaban J connectivity index is 3.07. The molecular formula is C7H17HfP. The molecule has 9 heavy (non-hydrogen) atoms. The van der Waals surface area contributed by atoms with E-state index in [-0.39, 0.29) is 22.9 Å². The molecule has 0 N–H and O–H groups in total. The minimum absolute atomic E-state index is 0.0690. The van der Waals surface area contributed by atoms with Gasteiger partial charge in [-0.15, -0.1) is 0 Å². The van der Waals surface area contributed by atoms with Gasteiger partial charge in [0, 0.05) is 0 Å². The van der Waals surface area contributed by atoms with E-state index in [1.807, 2.05) is 0 Å². The van der Waals surface area contributed by atoms with Crippen molar-refractivity contribution in [2.75, 3.05) is 3.92 Å². The maximum atomic E-state index is 2.35. The van der Waals surface area contributed by atoms with Crippen molar-refractivity contribution in [3.8, 4) is 0 Å². The molecule has 0 bridgehead atoms. The van der Waals surface area contributed by atoms with Crippen LogP contribution < -0.4 is 0 Å². The van der Waals surface area contributed by atoms with Crippen LogP contribution in [0.3, 0.4) is 0 Å². The van der Waals surface area contributed by atoms with Gasteiger partial charge < -0.3 is 0 Å². The maximum absolute atomic E-state index is 2.35. The summed E-state index contributed by atoms with van der Waals surface area (Å²) in [6.07, 6.45) is 0. The van der Waals surface area contributed by atoms with E-state index in [0.29, 0.717) is 5.16 Å². The molecule has 0 aromatic heterocycles. The third-order valence-electron chi connectivity index (χ3n) is 0.994. The summed E-state index contributed by atoms with van der Waals surface area (Å²) in [7, 11) is 1.23. The van der Waals surface area contributed by atoms with Crippen molar-refractivity contribution >= 4 is 8.58 Å². The summed E-state index contributed by atoms with van der Waals surface area (Å²) in [6, 6.07) is 0. The Morgan fingerprint density at radius 2 is 1.89 bits per heavy atom. The summed E-state index contributed by atoms with van der Waals surface area (Å²) in [6.45, 7) is 9.40.